The number of alkyl halides is 3. The zero-order valence-corrected chi connectivity index (χ0v) is 15.3. The number of ether oxygens (including phenoxy) is 1. The number of hydrogen-bond acceptors (Lipinski definition) is 4. The third kappa shape index (κ3) is 3.97. The van der Waals surface area contributed by atoms with Crippen LogP contribution in [0.1, 0.15) is 15.9 Å². The van der Waals surface area contributed by atoms with Crippen LogP contribution in [0, 0.1) is 0 Å². The van der Waals surface area contributed by atoms with Gasteiger partial charge in [0.1, 0.15) is 5.56 Å². The fraction of sp³-hybridized carbons (Fsp3) is 0.111. The molecule has 0 aliphatic rings. The second kappa shape index (κ2) is 7.07. The number of amides is 1. The van der Waals surface area contributed by atoms with Crippen molar-refractivity contribution in [2.75, 3.05) is 12.4 Å². The largest absolute Gasteiger partial charge is 0.493 e. The summed E-state index contributed by atoms with van der Waals surface area (Å²) >= 11 is 3.28. The Morgan fingerprint density at radius 3 is 2.59 bits per heavy atom. The van der Waals surface area contributed by atoms with E-state index in [9.17, 15) is 22.8 Å². The summed E-state index contributed by atoms with van der Waals surface area (Å²) in [6.07, 6.45) is -4.55. The molecule has 0 radical (unpaired) electrons. The van der Waals surface area contributed by atoms with Crippen molar-refractivity contribution in [3.05, 3.63) is 68.5 Å². The number of carbonyl (C=O) groups excluding carboxylic acids is 1. The predicted octanol–water partition coefficient (Wildman–Crippen LogP) is 4.84. The van der Waals surface area contributed by atoms with Gasteiger partial charge in [-0.3, -0.25) is 4.79 Å². The van der Waals surface area contributed by atoms with Gasteiger partial charge in [0.15, 0.2) is 11.3 Å². The van der Waals surface area contributed by atoms with Crippen molar-refractivity contribution in [3.63, 3.8) is 0 Å². The zero-order valence-electron chi connectivity index (χ0n) is 13.7. The molecule has 0 atom stereocenters. The minimum absolute atomic E-state index is 0.0962. The summed E-state index contributed by atoms with van der Waals surface area (Å²) in [5, 5.41) is 2.69. The Kier molecular flexibility index (Phi) is 4.97. The molecule has 2 aromatic carbocycles. The lowest BCUT2D eigenvalue weighted by atomic mass is 10.1. The maximum absolute atomic E-state index is 12.8. The summed E-state index contributed by atoms with van der Waals surface area (Å²) in [6.45, 7) is 0. The average Bonchev–Trinajstić information content (AvgIpc) is 2.60. The van der Waals surface area contributed by atoms with Gasteiger partial charge in [0, 0.05) is 15.5 Å². The predicted molar refractivity (Wildman–Crippen MR) is 96.1 cm³/mol. The van der Waals surface area contributed by atoms with E-state index >= 15 is 0 Å². The minimum Gasteiger partial charge on any atom is -0.493 e. The molecular weight excluding hydrogens is 431 g/mol. The third-order valence-corrected chi connectivity index (χ3v) is 4.13. The average molecular weight is 442 g/mol. The monoisotopic (exact) mass is 441 g/mol. The number of anilines is 1. The number of halogens is 4. The van der Waals surface area contributed by atoms with Gasteiger partial charge in [-0.1, -0.05) is 22.0 Å². The van der Waals surface area contributed by atoms with Crippen LogP contribution >= 0.6 is 15.9 Å². The molecule has 27 heavy (non-hydrogen) atoms. The van der Waals surface area contributed by atoms with Gasteiger partial charge in [-0.15, -0.1) is 0 Å². The summed E-state index contributed by atoms with van der Waals surface area (Å²) in [5.74, 6) is -0.592. The number of hydrogen-bond donors (Lipinski definition) is 1. The van der Waals surface area contributed by atoms with E-state index in [4.69, 9.17) is 9.15 Å². The Morgan fingerprint density at radius 1 is 1.19 bits per heavy atom. The molecule has 0 aliphatic carbocycles. The summed E-state index contributed by atoms with van der Waals surface area (Å²) < 4.78 is 49.3. The lowest BCUT2D eigenvalue weighted by Gasteiger charge is -2.10. The number of nitrogens with one attached hydrogen (secondary N) is 1. The molecule has 0 fully saturated rings. The second-order valence-electron chi connectivity index (χ2n) is 5.51. The minimum atomic E-state index is -4.55. The first-order chi connectivity index (χ1) is 12.7. The van der Waals surface area contributed by atoms with Gasteiger partial charge in [0.2, 0.25) is 0 Å². The third-order valence-electron chi connectivity index (χ3n) is 3.68. The van der Waals surface area contributed by atoms with Crippen LogP contribution in [-0.4, -0.2) is 13.0 Å². The van der Waals surface area contributed by atoms with Crippen LogP contribution in [0.15, 0.2) is 56.1 Å². The molecule has 0 saturated carbocycles. The van der Waals surface area contributed by atoms with Crippen molar-refractivity contribution >= 4 is 38.5 Å². The van der Waals surface area contributed by atoms with Crippen LogP contribution in [0.5, 0.6) is 5.75 Å². The molecule has 1 heterocycles. The van der Waals surface area contributed by atoms with Crippen molar-refractivity contribution < 1.29 is 27.1 Å². The van der Waals surface area contributed by atoms with Crippen LogP contribution in [0.3, 0.4) is 0 Å². The molecule has 0 bridgehead atoms. The van der Waals surface area contributed by atoms with Gasteiger partial charge in [-0.2, -0.15) is 13.2 Å². The van der Waals surface area contributed by atoms with E-state index in [1.807, 2.05) is 0 Å². The molecule has 1 aromatic heterocycles. The van der Waals surface area contributed by atoms with Crippen molar-refractivity contribution in [1.82, 2.24) is 0 Å². The quantitative estimate of drug-likeness (QED) is 0.590. The fourth-order valence-corrected chi connectivity index (χ4v) is 2.90. The van der Waals surface area contributed by atoms with Gasteiger partial charge in [0.25, 0.3) is 5.91 Å². The molecule has 9 heteroatoms. The highest BCUT2D eigenvalue weighted by molar-refractivity contribution is 9.10. The molecule has 0 saturated heterocycles. The molecule has 3 rings (SSSR count). The van der Waals surface area contributed by atoms with E-state index in [-0.39, 0.29) is 16.8 Å². The normalized spacial score (nSPS) is 11.4. The Labute approximate surface area is 158 Å². The van der Waals surface area contributed by atoms with Gasteiger partial charge >= 0.3 is 11.8 Å². The highest BCUT2D eigenvalue weighted by Crippen LogP contribution is 2.31. The van der Waals surface area contributed by atoms with E-state index in [1.165, 1.54) is 19.2 Å². The van der Waals surface area contributed by atoms with Gasteiger partial charge in [0.05, 0.1) is 12.7 Å². The van der Waals surface area contributed by atoms with Crippen molar-refractivity contribution in [1.29, 1.82) is 0 Å². The van der Waals surface area contributed by atoms with Crippen LogP contribution in [0.25, 0.3) is 11.0 Å². The van der Waals surface area contributed by atoms with E-state index in [2.05, 4.69) is 21.2 Å². The van der Waals surface area contributed by atoms with Crippen molar-refractivity contribution in [2.24, 2.45) is 0 Å². The van der Waals surface area contributed by atoms with Gasteiger partial charge in [-0.05, 0) is 36.4 Å². The Hall–Kier alpha value is -2.81. The molecule has 0 unspecified atom stereocenters. The molecule has 0 aliphatic heterocycles. The standard InChI is InChI=1S/C18H11BrF3NO4/c1-26-14-8-11(19)5-9-6-13(17(25)27-15(9)14)16(24)23-12-4-2-3-10(7-12)18(20,21)22/h2-8H,1H3,(H,23,24). The molecular formula is C18H11BrF3NO4. The van der Waals surface area contributed by atoms with Gasteiger partial charge in [-0.25, -0.2) is 4.79 Å². The number of fused-ring (bicyclic) bond motifs is 1. The molecule has 5 nitrogen and oxygen atoms in total. The first kappa shape index (κ1) is 19.0. The summed E-state index contributed by atoms with van der Waals surface area (Å²) in [5.41, 5.74) is -2.14. The molecule has 3 aromatic rings. The van der Waals surface area contributed by atoms with E-state index in [0.29, 0.717) is 15.6 Å². The number of carbonyl (C=O) groups is 1. The second-order valence-corrected chi connectivity index (χ2v) is 6.42. The SMILES string of the molecule is COc1cc(Br)cc2cc(C(=O)Nc3cccc(C(F)(F)F)c3)c(=O)oc12. The van der Waals surface area contributed by atoms with E-state index in [0.717, 1.165) is 18.2 Å². The molecule has 1 N–H and O–H groups in total. The lowest BCUT2D eigenvalue weighted by Crippen LogP contribution is -2.21. The van der Waals surface area contributed by atoms with Crippen LogP contribution in [-0.2, 0) is 6.18 Å². The lowest BCUT2D eigenvalue weighted by molar-refractivity contribution is -0.137. The highest BCUT2D eigenvalue weighted by Gasteiger charge is 2.30. The van der Waals surface area contributed by atoms with E-state index in [1.54, 1.807) is 12.1 Å². The van der Waals surface area contributed by atoms with E-state index < -0.39 is 23.3 Å². The Bertz CT molecular complexity index is 1090. The van der Waals surface area contributed by atoms with Crippen molar-refractivity contribution in [3.8, 4) is 5.75 Å². The summed E-state index contributed by atoms with van der Waals surface area (Å²) in [4.78, 5) is 24.6. The molecule has 140 valence electrons. The molecule has 1 amide bonds. The Balaban J connectivity index is 1.99. The zero-order chi connectivity index (χ0) is 19.8. The summed E-state index contributed by atoms with van der Waals surface area (Å²) in [7, 11) is 1.40. The first-order valence-corrected chi connectivity index (χ1v) is 8.28. The Morgan fingerprint density at radius 2 is 1.93 bits per heavy atom. The molecule has 0 spiro atoms. The van der Waals surface area contributed by atoms with Crippen LogP contribution < -0.4 is 15.7 Å². The van der Waals surface area contributed by atoms with Gasteiger partial charge < -0.3 is 14.5 Å². The smallest absolute Gasteiger partial charge is 0.416 e. The fourth-order valence-electron chi connectivity index (χ4n) is 2.45. The maximum Gasteiger partial charge on any atom is 0.416 e. The number of methoxy groups -OCH3 is 1. The first-order valence-electron chi connectivity index (χ1n) is 7.49. The number of rotatable bonds is 3. The van der Waals surface area contributed by atoms with Crippen LogP contribution in [0.4, 0.5) is 18.9 Å². The maximum atomic E-state index is 12.8. The van der Waals surface area contributed by atoms with Crippen LogP contribution in [0.2, 0.25) is 0 Å². The topological polar surface area (TPSA) is 68.5 Å². The number of benzene rings is 2. The van der Waals surface area contributed by atoms with Crippen molar-refractivity contribution in [2.45, 2.75) is 6.18 Å². The summed E-state index contributed by atoms with van der Waals surface area (Å²) in [6, 6.07) is 8.59. The highest BCUT2D eigenvalue weighted by atomic mass is 79.9.